The summed E-state index contributed by atoms with van der Waals surface area (Å²) < 4.78 is 5.90. The number of nitrogens with zero attached hydrogens (tertiary/aromatic N) is 1. The fourth-order valence-corrected chi connectivity index (χ4v) is 9.48. The van der Waals surface area contributed by atoms with Gasteiger partial charge in [-0.1, -0.05) is 0 Å². The maximum atomic E-state index is 2.57. The summed E-state index contributed by atoms with van der Waals surface area (Å²) in [5.74, 6) is 0. The summed E-state index contributed by atoms with van der Waals surface area (Å²) in [5.41, 5.74) is 2.48. The van der Waals surface area contributed by atoms with Gasteiger partial charge in [-0.2, -0.15) is 0 Å². The van der Waals surface area contributed by atoms with Crippen molar-refractivity contribution < 1.29 is 21.0 Å². The Labute approximate surface area is 182 Å². The minimum atomic E-state index is -2.03. The SMILES string of the molecule is Cl.Cl.[B](N(c1ccccc1)c1ccccc1)=[Zr]([C]1=CC=CC1)[C]1=CC=CC1. The molecule has 2 aliphatic rings. The van der Waals surface area contributed by atoms with Gasteiger partial charge < -0.3 is 0 Å². The van der Waals surface area contributed by atoms with Gasteiger partial charge in [-0.15, -0.1) is 24.8 Å². The minimum absolute atomic E-state index is 0. The van der Waals surface area contributed by atoms with Crippen LogP contribution in [0, 0.1) is 0 Å². The number of rotatable bonds is 5. The summed E-state index contributed by atoms with van der Waals surface area (Å²) >= 11 is -2.03. The van der Waals surface area contributed by atoms with E-state index < -0.39 is 21.0 Å². The molecule has 2 aromatic rings. The van der Waals surface area contributed by atoms with Gasteiger partial charge >= 0.3 is 158 Å². The molecule has 0 amide bonds. The summed E-state index contributed by atoms with van der Waals surface area (Å²) in [7, 11) is 0. The molecule has 0 aromatic heterocycles. The second-order valence-electron chi connectivity index (χ2n) is 6.23. The van der Waals surface area contributed by atoms with Gasteiger partial charge in [0, 0.05) is 0 Å². The Morgan fingerprint density at radius 3 is 1.48 bits per heavy atom. The number of para-hydroxylation sites is 2. The van der Waals surface area contributed by atoms with Gasteiger partial charge in [0.2, 0.25) is 0 Å². The van der Waals surface area contributed by atoms with Crippen molar-refractivity contribution in [1.29, 1.82) is 0 Å². The van der Waals surface area contributed by atoms with E-state index in [-0.39, 0.29) is 24.8 Å². The first-order valence-corrected chi connectivity index (χ1v) is 12.6. The Hall–Kier alpha value is -1.27. The van der Waals surface area contributed by atoms with Crippen molar-refractivity contribution in [2.45, 2.75) is 12.8 Å². The average molecular weight is 473 g/mol. The quantitative estimate of drug-likeness (QED) is 0.448. The first kappa shape index (κ1) is 22.0. The standard InChI is InChI=1S/C12H10BN.2C5H5.2ClH.Zr/c13-14(11-7-3-1-4-8-11)12-9-5-2-6-10-12;2*1-2-4-5-3-1;;;/h1-10H;2*1-3H,4H2;2*1H;. The number of hydrogen-bond donors (Lipinski definition) is 0. The molecule has 0 bridgehead atoms. The molecule has 136 valence electrons. The van der Waals surface area contributed by atoms with Crippen LogP contribution in [0.25, 0.3) is 0 Å². The van der Waals surface area contributed by atoms with E-state index in [1.165, 1.54) is 11.4 Å². The monoisotopic (exact) mass is 471 g/mol. The topological polar surface area (TPSA) is 3.24 Å². The summed E-state index contributed by atoms with van der Waals surface area (Å²) in [4.78, 5) is 2.41. The molecule has 0 aliphatic heterocycles. The average Bonchev–Trinajstić information content (AvgIpc) is 3.38. The Bertz CT molecular complexity index is 831. The predicted molar refractivity (Wildman–Crippen MR) is 119 cm³/mol. The molecule has 1 nitrogen and oxygen atoms in total. The molecule has 0 saturated heterocycles. The van der Waals surface area contributed by atoms with Crippen LogP contribution in [0.1, 0.15) is 12.8 Å². The third-order valence-electron chi connectivity index (χ3n) is 4.56. The molecule has 0 N–H and O–H groups in total. The fraction of sp³-hybridized carbons (Fsp3) is 0.0909. The van der Waals surface area contributed by atoms with Crippen LogP contribution >= 0.6 is 24.8 Å². The van der Waals surface area contributed by atoms with Crippen molar-refractivity contribution in [3.05, 3.63) is 104 Å². The second-order valence-corrected chi connectivity index (χ2v) is 12.1. The second kappa shape index (κ2) is 10.9. The molecule has 2 aromatic carbocycles. The van der Waals surface area contributed by atoms with Gasteiger partial charge in [-0.25, -0.2) is 0 Å². The number of anilines is 2. The predicted octanol–water partition coefficient (Wildman–Crippen LogP) is 6.51. The first-order chi connectivity index (χ1) is 12.4. The van der Waals surface area contributed by atoms with E-state index in [0.29, 0.717) is 0 Å². The number of allylic oxidation sites excluding steroid dienone is 8. The molecule has 0 heterocycles. The van der Waals surface area contributed by atoms with Gasteiger partial charge in [0.1, 0.15) is 0 Å². The number of halogens is 2. The van der Waals surface area contributed by atoms with Crippen LogP contribution in [0.5, 0.6) is 0 Å². The normalized spacial score (nSPS) is 13.8. The summed E-state index contributed by atoms with van der Waals surface area (Å²) in [5, 5.41) is 0. The van der Waals surface area contributed by atoms with Gasteiger partial charge in [0.15, 0.2) is 0 Å². The Kier molecular flexibility index (Phi) is 8.90. The molecule has 0 spiro atoms. The molecule has 2 aliphatic carbocycles. The molecule has 0 atom stereocenters. The molecule has 0 fully saturated rings. The van der Waals surface area contributed by atoms with Crippen molar-refractivity contribution in [3.63, 3.8) is 0 Å². The van der Waals surface area contributed by atoms with Crippen LogP contribution in [0.4, 0.5) is 11.4 Å². The Morgan fingerprint density at radius 1 is 0.667 bits per heavy atom. The van der Waals surface area contributed by atoms with Crippen LogP contribution in [-0.2, 0) is 21.0 Å². The van der Waals surface area contributed by atoms with Crippen LogP contribution < -0.4 is 4.81 Å². The Balaban J connectivity index is 0.00000131. The Morgan fingerprint density at radius 2 is 1.11 bits per heavy atom. The number of benzene rings is 2. The van der Waals surface area contributed by atoms with Crippen LogP contribution in [0.2, 0.25) is 0 Å². The molecule has 4 rings (SSSR count). The van der Waals surface area contributed by atoms with E-state index in [9.17, 15) is 0 Å². The van der Waals surface area contributed by atoms with E-state index in [2.05, 4.69) is 106 Å². The molecule has 5 heteroatoms. The number of hydrogen-bond acceptors (Lipinski definition) is 1. The van der Waals surface area contributed by atoms with Gasteiger partial charge in [-0.05, 0) is 0 Å². The van der Waals surface area contributed by atoms with Gasteiger partial charge in [0.05, 0.1) is 0 Å². The van der Waals surface area contributed by atoms with E-state index in [1.54, 1.807) is 6.56 Å². The van der Waals surface area contributed by atoms with Gasteiger partial charge in [0.25, 0.3) is 0 Å². The van der Waals surface area contributed by atoms with Crippen LogP contribution in [0.15, 0.2) is 104 Å². The van der Waals surface area contributed by atoms with E-state index in [0.717, 1.165) is 12.8 Å². The van der Waals surface area contributed by atoms with Crippen LogP contribution in [-0.4, -0.2) is 4.51 Å². The molecule has 0 radical (unpaired) electrons. The fourth-order valence-electron chi connectivity index (χ4n) is 3.27. The molecule has 0 unspecified atom stereocenters. The zero-order valence-electron chi connectivity index (χ0n) is 15.0. The maximum absolute atomic E-state index is 2.57. The molecule has 27 heavy (non-hydrogen) atoms. The third kappa shape index (κ3) is 5.38. The summed E-state index contributed by atoms with van der Waals surface area (Å²) in [6, 6.07) is 21.4. The van der Waals surface area contributed by atoms with Crippen molar-refractivity contribution in [2.75, 3.05) is 4.81 Å². The summed E-state index contributed by atoms with van der Waals surface area (Å²) in [6.07, 6.45) is 16.0. The zero-order chi connectivity index (χ0) is 16.9. The van der Waals surface area contributed by atoms with E-state index in [4.69, 9.17) is 0 Å². The molecule has 0 saturated carbocycles. The van der Waals surface area contributed by atoms with Crippen molar-refractivity contribution in [3.8, 4) is 0 Å². The van der Waals surface area contributed by atoms with E-state index in [1.807, 2.05) is 0 Å². The van der Waals surface area contributed by atoms with E-state index >= 15 is 0 Å². The van der Waals surface area contributed by atoms with Crippen molar-refractivity contribution >= 4 is 40.7 Å². The van der Waals surface area contributed by atoms with Crippen molar-refractivity contribution in [1.82, 2.24) is 0 Å². The molecular weight excluding hydrogens is 451 g/mol. The third-order valence-corrected chi connectivity index (χ3v) is 11.1. The first-order valence-electron chi connectivity index (χ1n) is 8.75. The van der Waals surface area contributed by atoms with Crippen molar-refractivity contribution in [2.24, 2.45) is 0 Å². The van der Waals surface area contributed by atoms with Gasteiger partial charge in [-0.3, -0.25) is 0 Å². The summed E-state index contributed by atoms with van der Waals surface area (Å²) in [6.45, 7) is 0. The zero-order valence-corrected chi connectivity index (χ0v) is 19.1. The van der Waals surface area contributed by atoms with Crippen LogP contribution in [0.3, 0.4) is 0 Å². The molecular formula is C22H22BCl2NZr.